The zero-order valence-corrected chi connectivity index (χ0v) is 23.5. The SMILES string of the molecule is CCCC1=C2[C@@H](CC/C(=C/c3ccc(CO)o3)c3ccccc3)OC[C@@H]2[C@@H]2C(=O)N(C3CCCCC3)C(=O)[C@@H]2C1. The van der Waals surface area contributed by atoms with Crippen LogP contribution >= 0.6 is 0 Å². The van der Waals surface area contributed by atoms with Gasteiger partial charge in [0.15, 0.2) is 0 Å². The second kappa shape index (κ2) is 11.9. The van der Waals surface area contributed by atoms with Gasteiger partial charge in [0.25, 0.3) is 0 Å². The Morgan fingerprint density at radius 1 is 1.02 bits per heavy atom. The summed E-state index contributed by atoms with van der Waals surface area (Å²) in [6.07, 6.45) is 11.6. The van der Waals surface area contributed by atoms with E-state index in [-0.39, 0.29) is 48.3 Å². The lowest BCUT2D eigenvalue weighted by Crippen LogP contribution is -2.42. The van der Waals surface area contributed by atoms with Gasteiger partial charge in [0.05, 0.1) is 24.5 Å². The molecule has 0 unspecified atom stereocenters. The number of likely N-dealkylation sites (tertiary alicyclic amines) is 1. The maximum atomic E-state index is 13.8. The number of amides is 2. The monoisotopic (exact) mass is 543 g/mol. The summed E-state index contributed by atoms with van der Waals surface area (Å²) in [6, 6.07) is 14.1. The van der Waals surface area contributed by atoms with Crippen molar-refractivity contribution >= 4 is 23.5 Å². The Balaban J connectivity index is 1.25. The lowest BCUT2D eigenvalue weighted by atomic mass is 9.68. The number of rotatable bonds is 9. The van der Waals surface area contributed by atoms with Crippen LogP contribution < -0.4 is 0 Å². The highest BCUT2D eigenvalue weighted by molar-refractivity contribution is 6.06. The predicted molar refractivity (Wildman–Crippen MR) is 154 cm³/mol. The summed E-state index contributed by atoms with van der Waals surface area (Å²) in [4.78, 5) is 29.2. The van der Waals surface area contributed by atoms with E-state index in [1.54, 1.807) is 11.0 Å². The lowest BCUT2D eigenvalue weighted by Gasteiger charge is -2.32. The first-order valence-electron chi connectivity index (χ1n) is 15.2. The number of hydrogen-bond acceptors (Lipinski definition) is 5. The molecular formula is C34H41NO5. The number of fused-ring (bicyclic) bond motifs is 3. The van der Waals surface area contributed by atoms with Gasteiger partial charge in [0, 0.05) is 12.0 Å². The summed E-state index contributed by atoms with van der Waals surface area (Å²) < 4.78 is 12.3. The zero-order valence-electron chi connectivity index (χ0n) is 23.5. The van der Waals surface area contributed by atoms with E-state index in [1.165, 1.54) is 17.6 Å². The number of allylic oxidation sites excluding steroid dienone is 2. The van der Waals surface area contributed by atoms with Crippen LogP contribution in [0.15, 0.2) is 58.0 Å². The van der Waals surface area contributed by atoms with Crippen LogP contribution in [-0.4, -0.2) is 40.6 Å². The summed E-state index contributed by atoms with van der Waals surface area (Å²) in [5, 5.41) is 9.43. The average molecular weight is 544 g/mol. The Morgan fingerprint density at radius 2 is 1.82 bits per heavy atom. The molecule has 4 atom stereocenters. The Kier molecular flexibility index (Phi) is 8.08. The number of nitrogens with zero attached hydrogens (tertiary/aromatic N) is 1. The Labute approximate surface area is 237 Å². The van der Waals surface area contributed by atoms with E-state index in [1.807, 2.05) is 24.3 Å². The molecular weight excluding hydrogens is 502 g/mol. The van der Waals surface area contributed by atoms with E-state index >= 15 is 0 Å². The first kappa shape index (κ1) is 27.2. The Hall–Kier alpha value is -2.96. The number of carbonyl (C=O) groups is 2. The molecule has 0 bridgehead atoms. The number of aliphatic hydroxyl groups excluding tert-OH is 1. The molecule has 6 nitrogen and oxygen atoms in total. The van der Waals surface area contributed by atoms with Gasteiger partial charge in [-0.05, 0) is 73.4 Å². The fourth-order valence-electron chi connectivity index (χ4n) is 7.70. The van der Waals surface area contributed by atoms with Crippen molar-refractivity contribution in [3.63, 3.8) is 0 Å². The fourth-order valence-corrected chi connectivity index (χ4v) is 7.70. The normalized spacial score (nSPS) is 27.4. The van der Waals surface area contributed by atoms with E-state index in [4.69, 9.17) is 9.15 Å². The molecule has 1 saturated carbocycles. The van der Waals surface area contributed by atoms with Gasteiger partial charge in [-0.1, -0.05) is 68.5 Å². The molecule has 2 aromatic rings. The largest absolute Gasteiger partial charge is 0.459 e. The summed E-state index contributed by atoms with van der Waals surface area (Å²) >= 11 is 0. The second-order valence-electron chi connectivity index (χ2n) is 11.9. The number of furan rings is 1. The van der Waals surface area contributed by atoms with Crippen LogP contribution in [0.3, 0.4) is 0 Å². The molecule has 3 heterocycles. The third-order valence-electron chi connectivity index (χ3n) is 9.51. The maximum Gasteiger partial charge on any atom is 0.234 e. The van der Waals surface area contributed by atoms with Gasteiger partial charge in [-0.15, -0.1) is 0 Å². The molecule has 212 valence electrons. The molecule has 4 aliphatic rings. The molecule has 0 spiro atoms. The molecule has 1 aromatic carbocycles. The molecule has 1 N–H and O–H groups in total. The number of ether oxygens (including phenoxy) is 1. The molecule has 2 aliphatic carbocycles. The van der Waals surface area contributed by atoms with Gasteiger partial charge < -0.3 is 14.3 Å². The number of hydrogen-bond donors (Lipinski definition) is 1. The van der Waals surface area contributed by atoms with Crippen molar-refractivity contribution in [2.24, 2.45) is 17.8 Å². The maximum absolute atomic E-state index is 13.8. The van der Waals surface area contributed by atoms with Crippen molar-refractivity contribution in [2.75, 3.05) is 6.61 Å². The third-order valence-corrected chi connectivity index (χ3v) is 9.51. The summed E-state index contributed by atoms with van der Waals surface area (Å²) in [5.41, 5.74) is 4.94. The van der Waals surface area contributed by atoms with E-state index in [0.717, 1.165) is 68.3 Å². The van der Waals surface area contributed by atoms with Crippen molar-refractivity contribution in [3.8, 4) is 0 Å². The molecule has 3 fully saturated rings. The average Bonchev–Trinajstić information content (AvgIpc) is 3.69. The van der Waals surface area contributed by atoms with Crippen molar-refractivity contribution in [1.29, 1.82) is 0 Å². The minimum absolute atomic E-state index is 0.0108. The lowest BCUT2D eigenvalue weighted by molar-refractivity contribution is -0.143. The van der Waals surface area contributed by atoms with Crippen LogP contribution in [0, 0.1) is 17.8 Å². The second-order valence-corrected chi connectivity index (χ2v) is 11.9. The van der Waals surface area contributed by atoms with Crippen LogP contribution in [0.5, 0.6) is 0 Å². The van der Waals surface area contributed by atoms with E-state index in [2.05, 4.69) is 25.1 Å². The number of imide groups is 1. The van der Waals surface area contributed by atoms with Crippen LogP contribution in [0.1, 0.15) is 88.2 Å². The minimum atomic E-state index is -0.265. The molecule has 2 saturated heterocycles. The standard InChI is InChI=1S/C34H41NO5/c1-2-9-24-19-28-32(34(38)35(33(28)37)25-12-7-4-8-13-25)29-21-39-30(31(24)29)17-14-23(22-10-5-3-6-11-22)18-26-15-16-27(20-36)40-26/h3,5-6,10-11,15-16,18,25,28-30,32,36H,2,4,7-9,12-14,17,19-21H2,1H3/b23-18-/t28-,29+,30-,32-/m1/s1. The van der Waals surface area contributed by atoms with Gasteiger partial charge in [0.2, 0.25) is 11.8 Å². The van der Waals surface area contributed by atoms with E-state index < -0.39 is 0 Å². The minimum Gasteiger partial charge on any atom is -0.459 e. The van der Waals surface area contributed by atoms with Gasteiger partial charge >= 0.3 is 0 Å². The topological polar surface area (TPSA) is 80.0 Å². The highest BCUT2D eigenvalue weighted by Gasteiger charge is 2.57. The van der Waals surface area contributed by atoms with E-state index in [9.17, 15) is 14.7 Å². The van der Waals surface area contributed by atoms with Crippen molar-refractivity contribution in [3.05, 3.63) is 70.7 Å². The van der Waals surface area contributed by atoms with E-state index in [0.29, 0.717) is 18.8 Å². The van der Waals surface area contributed by atoms with Crippen molar-refractivity contribution in [1.82, 2.24) is 4.90 Å². The summed E-state index contributed by atoms with van der Waals surface area (Å²) in [5.74, 6) is 0.934. The number of carbonyl (C=O) groups excluding carboxylic acids is 2. The van der Waals surface area contributed by atoms with Crippen molar-refractivity contribution < 1.29 is 23.8 Å². The number of aliphatic hydroxyl groups is 1. The third kappa shape index (κ3) is 5.12. The molecule has 2 amide bonds. The van der Waals surface area contributed by atoms with Crippen LogP contribution in [0.25, 0.3) is 11.6 Å². The zero-order chi connectivity index (χ0) is 27.6. The first-order valence-corrected chi connectivity index (χ1v) is 15.2. The van der Waals surface area contributed by atoms with Crippen LogP contribution in [-0.2, 0) is 20.9 Å². The van der Waals surface area contributed by atoms with Gasteiger partial charge in [-0.2, -0.15) is 0 Å². The smallest absolute Gasteiger partial charge is 0.234 e. The predicted octanol–water partition coefficient (Wildman–Crippen LogP) is 6.54. The molecule has 2 aliphatic heterocycles. The molecule has 40 heavy (non-hydrogen) atoms. The fraction of sp³-hybridized carbons (Fsp3) is 0.529. The van der Waals surface area contributed by atoms with Crippen LogP contribution in [0.4, 0.5) is 0 Å². The summed E-state index contributed by atoms with van der Waals surface area (Å²) in [7, 11) is 0. The Morgan fingerprint density at radius 3 is 2.55 bits per heavy atom. The van der Waals surface area contributed by atoms with Gasteiger partial charge in [-0.3, -0.25) is 14.5 Å². The number of benzene rings is 1. The van der Waals surface area contributed by atoms with Gasteiger partial charge in [0.1, 0.15) is 18.1 Å². The Bertz CT molecular complexity index is 1280. The first-order chi connectivity index (χ1) is 19.6. The molecule has 6 rings (SSSR count). The molecule has 0 radical (unpaired) electrons. The van der Waals surface area contributed by atoms with Gasteiger partial charge in [-0.25, -0.2) is 0 Å². The molecule has 1 aromatic heterocycles. The molecule has 6 heteroatoms. The highest BCUT2D eigenvalue weighted by Crippen LogP contribution is 2.51. The summed E-state index contributed by atoms with van der Waals surface area (Å²) in [6.45, 7) is 2.59. The highest BCUT2D eigenvalue weighted by atomic mass is 16.5. The van der Waals surface area contributed by atoms with Crippen LogP contribution in [0.2, 0.25) is 0 Å². The van der Waals surface area contributed by atoms with Crippen molar-refractivity contribution in [2.45, 2.75) is 89.9 Å². The quantitative estimate of drug-likeness (QED) is 0.287.